The van der Waals surface area contributed by atoms with Crippen LogP contribution < -0.4 is 11.1 Å². The maximum Gasteiger partial charge on any atom is 0.353 e. The number of alkyl halides is 1. The lowest BCUT2D eigenvalue weighted by Gasteiger charge is -2.49. The van der Waals surface area contributed by atoms with Gasteiger partial charge in [0.15, 0.2) is 15.2 Å². The zero-order valence-corrected chi connectivity index (χ0v) is 22.6. The molecule has 2 aromatic heterocycles. The molecule has 18 heteroatoms. The van der Waals surface area contributed by atoms with E-state index in [9.17, 15) is 34.0 Å². The first-order valence-electron chi connectivity index (χ1n) is 11.5. The number of thioether (sulfide) groups is 1. The summed E-state index contributed by atoms with van der Waals surface area (Å²) in [6.45, 7) is -1.23. The SMILES string of the molecule is Nc1nc(C(=NOCCF)C(=O)NC2C(=O)N3C(C(=O)O)=C(Sc4nc5ccc([N+](=O)[O-])cc5s4)CCC23)cs1. The summed E-state index contributed by atoms with van der Waals surface area (Å²) in [6, 6.07) is 2.59. The number of aliphatic carboxylic acids is 1. The van der Waals surface area contributed by atoms with Gasteiger partial charge in [-0.15, -0.1) is 22.7 Å². The second kappa shape index (κ2) is 11.1. The number of nitrogens with one attached hydrogen (secondary N) is 1. The van der Waals surface area contributed by atoms with Crippen LogP contribution in [0.15, 0.2) is 43.7 Å². The molecule has 3 aromatic rings. The fraction of sp³-hybridized carbons (Fsp3) is 0.273. The molecule has 1 fully saturated rings. The summed E-state index contributed by atoms with van der Waals surface area (Å²) in [5.74, 6) is -2.76. The summed E-state index contributed by atoms with van der Waals surface area (Å²) < 4.78 is 13.5. The summed E-state index contributed by atoms with van der Waals surface area (Å²) >= 11 is 3.31. The van der Waals surface area contributed by atoms with Gasteiger partial charge in [0.05, 0.1) is 21.2 Å². The van der Waals surface area contributed by atoms with Crippen molar-refractivity contribution in [2.45, 2.75) is 29.3 Å². The van der Waals surface area contributed by atoms with E-state index in [0.29, 0.717) is 25.9 Å². The Bertz CT molecular complexity index is 1600. The number of aromatic nitrogens is 2. The van der Waals surface area contributed by atoms with Gasteiger partial charge in [-0.05, 0) is 18.9 Å². The van der Waals surface area contributed by atoms with Crippen LogP contribution in [0.25, 0.3) is 10.2 Å². The number of nitrogens with two attached hydrogens (primary N) is 1. The van der Waals surface area contributed by atoms with E-state index in [1.165, 1.54) is 34.9 Å². The highest BCUT2D eigenvalue weighted by Gasteiger charge is 2.54. The van der Waals surface area contributed by atoms with Crippen LogP contribution in [0.4, 0.5) is 15.2 Å². The lowest BCUT2D eigenvalue weighted by atomic mass is 9.86. The minimum absolute atomic E-state index is 0.0807. The van der Waals surface area contributed by atoms with E-state index in [1.807, 2.05) is 0 Å². The fourth-order valence-corrected chi connectivity index (χ4v) is 7.11. The van der Waals surface area contributed by atoms with Gasteiger partial charge in [0, 0.05) is 22.4 Å². The number of benzene rings is 1. The molecule has 5 rings (SSSR count). The molecule has 2 unspecified atom stereocenters. The first-order valence-corrected chi connectivity index (χ1v) is 14.0. The number of halogens is 1. The van der Waals surface area contributed by atoms with Gasteiger partial charge < -0.3 is 21.0 Å². The number of nitro groups is 1. The van der Waals surface area contributed by atoms with E-state index in [2.05, 4.69) is 20.4 Å². The third-order valence-corrected chi connectivity index (χ3v) is 8.86. The number of carboxylic acids is 1. The highest BCUT2D eigenvalue weighted by atomic mass is 32.2. The van der Waals surface area contributed by atoms with Gasteiger partial charge in [-0.2, -0.15) is 0 Å². The van der Waals surface area contributed by atoms with Gasteiger partial charge in [0.1, 0.15) is 30.7 Å². The Hall–Kier alpha value is -4.16. The van der Waals surface area contributed by atoms with E-state index >= 15 is 0 Å². The van der Waals surface area contributed by atoms with Crippen molar-refractivity contribution >= 4 is 79.0 Å². The summed E-state index contributed by atoms with van der Waals surface area (Å²) in [6.07, 6.45) is 0.632. The number of hydrogen-bond donors (Lipinski definition) is 3. The molecular weight excluding hydrogens is 589 g/mol. The maximum absolute atomic E-state index is 13.1. The number of non-ortho nitro benzene ring substituents is 1. The van der Waals surface area contributed by atoms with E-state index in [-0.39, 0.29) is 34.3 Å². The van der Waals surface area contributed by atoms with E-state index in [1.54, 1.807) is 0 Å². The van der Waals surface area contributed by atoms with Gasteiger partial charge in [0.25, 0.3) is 17.5 Å². The van der Waals surface area contributed by atoms with Crippen LogP contribution in [-0.4, -0.2) is 73.8 Å². The van der Waals surface area contributed by atoms with Gasteiger partial charge in [-0.3, -0.25) is 24.6 Å². The molecule has 4 N–H and O–H groups in total. The van der Waals surface area contributed by atoms with Crippen LogP contribution in [0.3, 0.4) is 0 Å². The van der Waals surface area contributed by atoms with Crippen molar-refractivity contribution in [2.24, 2.45) is 5.16 Å². The summed E-state index contributed by atoms with van der Waals surface area (Å²) in [5.41, 5.74) is 5.65. The minimum Gasteiger partial charge on any atom is -0.477 e. The van der Waals surface area contributed by atoms with Crippen molar-refractivity contribution in [3.05, 3.63) is 50.0 Å². The number of carbonyl (C=O) groups is 3. The van der Waals surface area contributed by atoms with Gasteiger partial charge in [0.2, 0.25) is 0 Å². The Morgan fingerprint density at radius 2 is 2.20 bits per heavy atom. The van der Waals surface area contributed by atoms with Crippen molar-refractivity contribution in [3.8, 4) is 0 Å². The predicted molar refractivity (Wildman–Crippen MR) is 144 cm³/mol. The molecular formula is C22H18FN7O7S3. The van der Waals surface area contributed by atoms with Crippen LogP contribution in [-0.2, 0) is 19.2 Å². The molecule has 4 heterocycles. The number of fused-ring (bicyclic) bond motifs is 2. The number of carbonyl (C=O) groups excluding carboxylic acids is 2. The molecule has 2 aliphatic heterocycles. The third-order valence-electron chi connectivity index (χ3n) is 5.96. The largest absolute Gasteiger partial charge is 0.477 e. The normalized spacial score (nSPS) is 18.9. The maximum atomic E-state index is 13.1. The Balaban J connectivity index is 1.35. The second-order valence-corrected chi connectivity index (χ2v) is 11.6. The summed E-state index contributed by atoms with van der Waals surface area (Å²) in [4.78, 5) is 63.6. The quantitative estimate of drug-likeness (QED) is 0.100. The van der Waals surface area contributed by atoms with Crippen LogP contribution in [0, 0.1) is 10.1 Å². The zero-order valence-electron chi connectivity index (χ0n) is 20.1. The molecule has 0 radical (unpaired) electrons. The van der Waals surface area contributed by atoms with Crippen LogP contribution in [0.1, 0.15) is 18.5 Å². The van der Waals surface area contributed by atoms with E-state index in [0.717, 1.165) is 28.0 Å². The van der Waals surface area contributed by atoms with Crippen LogP contribution in [0.5, 0.6) is 0 Å². The number of nitro benzene ring substituents is 1. The fourth-order valence-electron chi connectivity index (χ4n) is 4.24. The molecule has 2 amide bonds. The van der Waals surface area contributed by atoms with Crippen molar-refractivity contribution in [3.63, 3.8) is 0 Å². The standard InChI is InChI=1S/C22H18FN7O7S3/c23-5-6-37-28-15(11-8-38-21(24)25-11)18(31)27-16-12-3-4-13(17(20(33)34)29(12)19(16)32)39-22-26-10-2-1-9(30(35)36)7-14(10)40-22/h1-2,7-8,12,16H,3-6H2,(H2,24,25)(H,27,31)(H,33,34). The molecule has 1 aromatic carbocycles. The average Bonchev–Trinajstić information content (AvgIpc) is 3.53. The summed E-state index contributed by atoms with van der Waals surface area (Å²) in [7, 11) is 0. The number of thiazole rings is 2. The number of anilines is 1. The molecule has 0 saturated carbocycles. The Kier molecular flexibility index (Phi) is 7.63. The molecule has 208 valence electrons. The minimum atomic E-state index is -1.32. The molecule has 0 bridgehead atoms. The number of hydrogen-bond acceptors (Lipinski definition) is 13. The van der Waals surface area contributed by atoms with Crippen LogP contribution >= 0.6 is 34.4 Å². The number of oxime groups is 1. The molecule has 0 aliphatic carbocycles. The highest BCUT2D eigenvalue weighted by molar-refractivity contribution is 8.04. The number of rotatable bonds is 10. The molecule has 0 spiro atoms. The van der Waals surface area contributed by atoms with Crippen LogP contribution in [0.2, 0.25) is 0 Å². The monoisotopic (exact) mass is 607 g/mol. The Labute approximate surface area is 235 Å². The average molecular weight is 608 g/mol. The second-order valence-electron chi connectivity index (χ2n) is 8.37. The predicted octanol–water partition coefficient (Wildman–Crippen LogP) is 2.51. The third kappa shape index (κ3) is 5.19. The number of carboxylic acid groups (broad SMARTS) is 1. The van der Waals surface area contributed by atoms with E-state index in [4.69, 9.17) is 10.6 Å². The Morgan fingerprint density at radius 1 is 1.40 bits per heavy atom. The first-order chi connectivity index (χ1) is 19.2. The lowest BCUT2D eigenvalue weighted by molar-refractivity contribution is -0.384. The van der Waals surface area contributed by atoms with Crippen molar-refractivity contribution in [1.82, 2.24) is 20.2 Å². The number of amides is 2. The highest BCUT2D eigenvalue weighted by Crippen LogP contribution is 2.45. The Morgan fingerprint density at radius 3 is 2.88 bits per heavy atom. The molecule has 1 saturated heterocycles. The van der Waals surface area contributed by atoms with E-state index < -0.39 is 48.1 Å². The number of nitrogen functional groups attached to an aromatic ring is 1. The molecule has 14 nitrogen and oxygen atoms in total. The first kappa shape index (κ1) is 27.4. The molecule has 2 aliphatic rings. The van der Waals surface area contributed by atoms with Gasteiger partial charge in [-0.25, -0.2) is 19.2 Å². The lowest BCUT2D eigenvalue weighted by Crippen LogP contribution is -2.72. The smallest absolute Gasteiger partial charge is 0.353 e. The van der Waals surface area contributed by atoms with Crippen molar-refractivity contribution in [2.75, 3.05) is 19.0 Å². The van der Waals surface area contributed by atoms with Crippen molar-refractivity contribution in [1.29, 1.82) is 0 Å². The summed E-state index contributed by atoms with van der Waals surface area (Å²) in [5, 5.41) is 28.9. The van der Waals surface area contributed by atoms with Gasteiger partial charge >= 0.3 is 5.97 Å². The van der Waals surface area contributed by atoms with Gasteiger partial charge in [-0.1, -0.05) is 16.9 Å². The molecule has 40 heavy (non-hydrogen) atoms. The van der Waals surface area contributed by atoms with Crippen molar-refractivity contribution < 1.29 is 33.6 Å². The number of allylic oxidation sites excluding steroid dienone is 1. The molecule has 2 atom stereocenters. The number of nitrogens with zero attached hydrogens (tertiary/aromatic N) is 5. The topological polar surface area (TPSA) is 203 Å². The number of β-lactam (4-membered cyclic amide) rings is 1. The zero-order chi connectivity index (χ0) is 28.6.